The lowest BCUT2D eigenvalue weighted by Gasteiger charge is -2.32. The molecule has 6 heteroatoms. The van der Waals surface area contributed by atoms with E-state index in [9.17, 15) is 5.11 Å². The zero-order valence-electron chi connectivity index (χ0n) is 17.0. The number of unbranched alkanes of at least 4 members (excludes halogenated alkanes) is 5. The van der Waals surface area contributed by atoms with Gasteiger partial charge in [-0.05, 0) is 37.1 Å². The van der Waals surface area contributed by atoms with Gasteiger partial charge in [-0.25, -0.2) is 0 Å². The molecular weight excluding hydrogens is 370 g/mol. The molecule has 2 N–H and O–H groups in total. The molecule has 2 heterocycles. The van der Waals surface area contributed by atoms with Crippen LogP contribution in [0.3, 0.4) is 0 Å². The molecule has 1 aliphatic rings. The minimum absolute atomic E-state index is 0.0707. The number of fused-ring (bicyclic) bond motifs is 1. The molecular formula is C23H33NO5. The van der Waals surface area contributed by atoms with E-state index in [1.807, 2.05) is 30.3 Å². The first-order chi connectivity index (χ1) is 14.2. The Hall–Kier alpha value is -1.73. The van der Waals surface area contributed by atoms with Crippen LogP contribution in [-0.2, 0) is 9.47 Å². The maximum absolute atomic E-state index is 9.76. The number of hydrogen-bond acceptors (Lipinski definition) is 6. The first-order valence-corrected chi connectivity index (χ1v) is 10.8. The molecule has 1 aromatic heterocycles. The van der Waals surface area contributed by atoms with Crippen LogP contribution in [0, 0.1) is 0 Å². The summed E-state index contributed by atoms with van der Waals surface area (Å²) in [6.07, 6.45) is 8.32. The van der Waals surface area contributed by atoms with Gasteiger partial charge in [-0.1, -0.05) is 31.7 Å². The number of ether oxygens (including phenoxy) is 3. The molecule has 0 bridgehead atoms. The largest absolute Gasteiger partial charge is 0.494 e. The van der Waals surface area contributed by atoms with Crippen LogP contribution < -0.4 is 4.74 Å². The summed E-state index contributed by atoms with van der Waals surface area (Å²) < 4.78 is 17.1. The third-order valence-electron chi connectivity index (χ3n) is 5.23. The van der Waals surface area contributed by atoms with Crippen LogP contribution in [-0.4, -0.2) is 53.5 Å². The van der Waals surface area contributed by atoms with Crippen LogP contribution in [0.15, 0.2) is 36.5 Å². The third kappa shape index (κ3) is 7.55. The number of aromatic nitrogens is 1. The molecule has 0 amide bonds. The summed E-state index contributed by atoms with van der Waals surface area (Å²) in [4.78, 5) is 4.32. The summed E-state index contributed by atoms with van der Waals surface area (Å²) in [5.41, 5.74) is 0.989. The minimum atomic E-state index is -0.445. The average molecular weight is 404 g/mol. The lowest BCUT2D eigenvalue weighted by molar-refractivity contribution is -0.221. The number of aliphatic hydroxyl groups is 2. The molecule has 0 saturated carbocycles. The summed E-state index contributed by atoms with van der Waals surface area (Å²) in [5, 5.41) is 20.0. The van der Waals surface area contributed by atoms with Crippen molar-refractivity contribution >= 4 is 10.9 Å². The smallest absolute Gasteiger partial charge is 0.160 e. The Kier molecular flexibility index (Phi) is 9.15. The van der Waals surface area contributed by atoms with Gasteiger partial charge < -0.3 is 24.4 Å². The Morgan fingerprint density at radius 2 is 1.79 bits per heavy atom. The Morgan fingerprint density at radius 3 is 2.62 bits per heavy atom. The van der Waals surface area contributed by atoms with Crippen molar-refractivity contribution in [3.05, 3.63) is 36.5 Å². The number of hydrogen-bond donors (Lipinski definition) is 2. The highest BCUT2D eigenvalue weighted by Gasteiger charge is 2.28. The molecule has 1 aliphatic heterocycles. The van der Waals surface area contributed by atoms with E-state index in [1.165, 1.54) is 12.8 Å². The molecule has 0 radical (unpaired) electrons. The zero-order chi connectivity index (χ0) is 20.3. The van der Waals surface area contributed by atoms with Crippen molar-refractivity contribution in [1.82, 2.24) is 4.98 Å². The highest BCUT2D eigenvalue weighted by molar-refractivity contribution is 5.79. The van der Waals surface area contributed by atoms with Gasteiger partial charge in [0.05, 0.1) is 30.9 Å². The first-order valence-electron chi connectivity index (χ1n) is 10.8. The van der Waals surface area contributed by atoms with Crippen LogP contribution in [0.1, 0.15) is 51.4 Å². The Bertz CT molecular complexity index is 725. The van der Waals surface area contributed by atoms with Gasteiger partial charge in [0.25, 0.3) is 0 Å². The van der Waals surface area contributed by atoms with Gasteiger partial charge in [0, 0.05) is 31.0 Å². The average Bonchev–Trinajstić information content (AvgIpc) is 2.74. The van der Waals surface area contributed by atoms with Gasteiger partial charge in [0.1, 0.15) is 5.75 Å². The van der Waals surface area contributed by atoms with Crippen molar-refractivity contribution in [2.24, 2.45) is 0 Å². The number of rotatable bonds is 12. The maximum Gasteiger partial charge on any atom is 0.160 e. The van der Waals surface area contributed by atoms with E-state index in [1.54, 1.807) is 6.20 Å². The van der Waals surface area contributed by atoms with Crippen LogP contribution in [0.5, 0.6) is 5.75 Å². The molecule has 1 fully saturated rings. The van der Waals surface area contributed by atoms with E-state index in [0.717, 1.165) is 48.9 Å². The van der Waals surface area contributed by atoms with Crippen LogP contribution >= 0.6 is 0 Å². The number of aliphatic hydroxyl groups excluding tert-OH is 2. The Balaban J connectivity index is 1.17. The standard InChI is InChI=1S/C23H33NO5/c25-17-21-15-19(26)16-23(29-21)28-13-6-4-2-1-3-5-12-27-20-9-10-22-18(14-20)8-7-11-24-22/h7-11,14,19,21,23,25-26H,1-6,12-13,15-17H2. The predicted molar refractivity (Wildman–Crippen MR) is 112 cm³/mol. The summed E-state index contributed by atoms with van der Waals surface area (Å²) in [6.45, 7) is 1.30. The van der Waals surface area contributed by atoms with Crippen molar-refractivity contribution in [2.45, 2.75) is 69.9 Å². The lowest BCUT2D eigenvalue weighted by atomic mass is 10.1. The Morgan fingerprint density at radius 1 is 1.00 bits per heavy atom. The first kappa shape index (κ1) is 22.0. The van der Waals surface area contributed by atoms with Gasteiger partial charge in [0.2, 0.25) is 0 Å². The third-order valence-corrected chi connectivity index (χ3v) is 5.23. The van der Waals surface area contributed by atoms with E-state index in [4.69, 9.17) is 19.3 Å². The van der Waals surface area contributed by atoms with E-state index in [-0.39, 0.29) is 19.0 Å². The molecule has 3 unspecified atom stereocenters. The second kappa shape index (κ2) is 12.1. The lowest BCUT2D eigenvalue weighted by Crippen LogP contribution is -2.39. The van der Waals surface area contributed by atoms with E-state index in [2.05, 4.69) is 4.98 Å². The van der Waals surface area contributed by atoms with E-state index >= 15 is 0 Å². The summed E-state index contributed by atoms with van der Waals surface area (Å²) in [7, 11) is 0. The summed E-state index contributed by atoms with van der Waals surface area (Å²) >= 11 is 0. The highest BCUT2D eigenvalue weighted by Crippen LogP contribution is 2.21. The van der Waals surface area contributed by atoms with Gasteiger partial charge in [-0.3, -0.25) is 4.98 Å². The van der Waals surface area contributed by atoms with Crippen LogP contribution in [0.25, 0.3) is 10.9 Å². The van der Waals surface area contributed by atoms with Crippen molar-refractivity contribution in [1.29, 1.82) is 0 Å². The van der Waals surface area contributed by atoms with E-state index < -0.39 is 6.10 Å². The second-order valence-corrected chi connectivity index (χ2v) is 7.69. The molecule has 3 rings (SSSR count). The molecule has 29 heavy (non-hydrogen) atoms. The van der Waals surface area contributed by atoms with Gasteiger partial charge in [0.15, 0.2) is 6.29 Å². The van der Waals surface area contributed by atoms with Crippen LogP contribution in [0.4, 0.5) is 0 Å². The van der Waals surface area contributed by atoms with Crippen molar-refractivity contribution in [2.75, 3.05) is 19.8 Å². The van der Waals surface area contributed by atoms with E-state index in [0.29, 0.717) is 19.4 Å². The fraction of sp³-hybridized carbons (Fsp3) is 0.609. The Labute approximate surface area is 172 Å². The van der Waals surface area contributed by atoms with Crippen molar-refractivity contribution in [3.63, 3.8) is 0 Å². The maximum atomic E-state index is 9.76. The SMILES string of the molecule is OCC1CC(O)CC(OCCCCCCCCOc2ccc3ncccc3c2)O1. The summed E-state index contributed by atoms with van der Waals surface area (Å²) in [5.74, 6) is 0.904. The molecule has 3 atom stereocenters. The van der Waals surface area contributed by atoms with Gasteiger partial charge in [-0.2, -0.15) is 0 Å². The molecule has 2 aromatic rings. The molecule has 0 aliphatic carbocycles. The van der Waals surface area contributed by atoms with Crippen molar-refractivity contribution < 1.29 is 24.4 Å². The fourth-order valence-electron chi connectivity index (χ4n) is 3.63. The predicted octanol–water partition coefficient (Wildman–Crippen LogP) is 3.83. The fourth-order valence-corrected chi connectivity index (χ4v) is 3.63. The topological polar surface area (TPSA) is 81.0 Å². The summed E-state index contributed by atoms with van der Waals surface area (Å²) in [6, 6.07) is 10.0. The molecule has 160 valence electrons. The molecule has 1 saturated heterocycles. The second-order valence-electron chi connectivity index (χ2n) is 7.69. The number of nitrogens with zero attached hydrogens (tertiary/aromatic N) is 1. The van der Waals surface area contributed by atoms with Gasteiger partial charge in [-0.15, -0.1) is 0 Å². The molecule has 6 nitrogen and oxygen atoms in total. The molecule has 0 spiro atoms. The zero-order valence-corrected chi connectivity index (χ0v) is 17.0. The minimum Gasteiger partial charge on any atom is -0.494 e. The number of pyridine rings is 1. The van der Waals surface area contributed by atoms with Crippen LogP contribution in [0.2, 0.25) is 0 Å². The highest BCUT2D eigenvalue weighted by atomic mass is 16.7. The quantitative estimate of drug-likeness (QED) is 0.524. The van der Waals surface area contributed by atoms with Crippen molar-refractivity contribution in [3.8, 4) is 5.75 Å². The molecule has 1 aromatic carbocycles. The monoisotopic (exact) mass is 403 g/mol. The number of benzene rings is 1. The van der Waals surface area contributed by atoms with Gasteiger partial charge >= 0.3 is 0 Å². The normalized spacial score (nSPS) is 22.1.